The monoisotopic (exact) mass is 213 g/mol. The van der Waals surface area contributed by atoms with Gasteiger partial charge in [0.1, 0.15) is 0 Å². The first kappa shape index (κ1) is 8.60. The van der Waals surface area contributed by atoms with Gasteiger partial charge in [0, 0.05) is 5.69 Å². The standard InChI is InChI=1S/C9H12BrN/c1-7-3-8(2)5-9(4-7)11-6-10/h3-5,11H,6H2,1-2H3. The fourth-order valence-corrected chi connectivity index (χ4v) is 1.48. The van der Waals surface area contributed by atoms with Crippen LogP contribution in [0.5, 0.6) is 0 Å². The van der Waals surface area contributed by atoms with E-state index >= 15 is 0 Å². The van der Waals surface area contributed by atoms with Crippen molar-refractivity contribution < 1.29 is 0 Å². The van der Waals surface area contributed by atoms with Gasteiger partial charge < -0.3 is 5.32 Å². The van der Waals surface area contributed by atoms with E-state index in [1.807, 2.05) is 0 Å². The Hall–Kier alpha value is -0.500. The summed E-state index contributed by atoms with van der Waals surface area (Å²) in [5.74, 6) is 0. The second-order valence-corrected chi connectivity index (χ2v) is 3.25. The van der Waals surface area contributed by atoms with Gasteiger partial charge in [-0.2, -0.15) is 0 Å². The van der Waals surface area contributed by atoms with Crippen LogP contribution in [0.3, 0.4) is 0 Å². The minimum atomic E-state index is 0.801. The van der Waals surface area contributed by atoms with E-state index in [1.54, 1.807) is 0 Å². The van der Waals surface area contributed by atoms with Crippen LogP contribution in [0, 0.1) is 13.8 Å². The molecule has 1 aromatic carbocycles. The topological polar surface area (TPSA) is 12.0 Å². The zero-order valence-electron chi connectivity index (χ0n) is 6.82. The normalized spacial score (nSPS) is 9.73. The van der Waals surface area contributed by atoms with E-state index in [4.69, 9.17) is 0 Å². The molecule has 0 spiro atoms. The summed E-state index contributed by atoms with van der Waals surface area (Å²) in [6.07, 6.45) is 0. The van der Waals surface area contributed by atoms with Gasteiger partial charge in [0.05, 0.1) is 5.45 Å². The third kappa shape index (κ3) is 2.54. The quantitative estimate of drug-likeness (QED) is 0.589. The summed E-state index contributed by atoms with van der Waals surface area (Å²) in [6.45, 7) is 4.21. The van der Waals surface area contributed by atoms with E-state index in [0.717, 1.165) is 5.45 Å². The molecule has 0 amide bonds. The highest BCUT2D eigenvalue weighted by Crippen LogP contribution is 2.13. The molecule has 2 heteroatoms. The molecule has 0 saturated carbocycles. The largest absolute Gasteiger partial charge is 0.375 e. The number of benzene rings is 1. The lowest BCUT2D eigenvalue weighted by atomic mass is 10.1. The van der Waals surface area contributed by atoms with E-state index < -0.39 is 0 Å². The van der Waals surface area contributed by atoms with Crippen molar-refractivity contribution in [1.82, 2.24) is 0 Å². The Bertz CT molecular complexity index is 225. The highest BCUT2D eigenvalue weighted by atomic mass is 79.9. The molecule has 0 aromatic heterocycles. The minimum Gasteiger partial charge on any atom is -0.375 e. The third-order valence-corrected chi connectivity index (χ3v) is 1.77. The summed E-state index contributed by atoms with van der Waals surface area (Å²) in [7, 11) is 0. The SMILES string of the molecule is Cc1cc(C)cc(NCBr)c1. The first-order valence-electron chi connectivity index (χ1n) is 3.60. The fraction of sp³-hybridized carbons (Fsp3) is 0.333. The molecule has 1 nitrogen and oxygen atoms in total. The summed E-state index contributed by atoms with van der Waals surface area (Å²) in [5, 5.41) is 3.21. The highest BCUT2D eigenvalue weighted by Gasteiger charge is 1.92. The Morgan fingerprint density at radius 2 is 1.73 bits per heavy atom. The Kier molecular flexibility index (Phi) is 2.94. The number of halogens is 1. The third-order valence-electron chi connectivity index (χ3n) is 1.49. The number of aryl methyl sites for hydroxylation is 2. The predicted molar refractivity (Wildman–Crippen MR) is 53.3 cm³/mol. The van der Waals surface area contributed by atoms with Crippen LogP contribution in [0.4, 0.5) is 5.69 Å². The molecule has 0 aliphatic carbocycles. The Morgan fingerprint density at radius 3 is 2.18 bits per heavy atom. The van der Waals surface area contributed by atoms with Gasteiger partial charge in [-0.25, -0.2) is 0 Å². The Morgan fingerprint density at radius 1 is 1.18 bits per heavy atom. The first-order valence-corrected chi connectivity index (χ1v) is 4.72. The van der Waals surface area contributed by atoms with Crippen LogP contribution >= 0.6 is 15.9 Å². The molecule has 1 N–H and O–H groups in total. The van der Waals surface area contributed by atoms with Crippen LogP contribution in [-0.4, -0.2) is 5.45 Å². The van der Waals surface area contributed by atoms with Crippen molar-refractivity contribution in [3.63, 3.8) is 0 Å². The maximum atomic E-state index is 3.32. The average Bonchev–Trinajstić information content (AvgIpc) is 1.85. The van der Waals surface area contributed by atoms with Crippen molar-refractivity contribution >= 4 is 21.6 Å². The van der Waals surface area contributed by atoms with Crippen molar-refractivity contribution in [1.29, 1.82) is 0 Å². The van der Waals surface area contributed by atoms with Gasteiger partial charge in [0.15, 0.2) is 0 Å². The van der Waals surface area contributed by atoms with Crippen molar-refractivity contribution in [2.24, 2.45) is 0 Å². The summed E-state index contributed by atoms with van der Waals surface area (Å²) >= 11 is 3.32. The lowest BCUT2D eigenvalue weighted by molar-refractivity contribution is 1.35. The van der Waals surface area contributed by atoms with Gasteiger partial charge in [0.25, 0.3) is 0 Å². The minimum absolute atomic E-state index is 0.801. The number of alkyl halides is 1. The second kappa shape index (κ2) is 3.77. The zero-order chi connectivity index (χ0) is 8.27. The van der Waals surface area contributed by atoms with Crippen molar-refractivity contribution in [3.05, 3.63) is 29.3 Å². The summed E-state index contributed by atoms with van der Waals surface area (Å²) in [4.78, 5) is 0. The molecule has 0 aliphatic heterocycles. The lowest BCUT2D eigenvalue weighted by Crippen LogP contribution is -1.94. The number of anilines is 1. The van der Waals surface area contributed by atoms with Gasteiger partial charge in [-0.3, -0.25) is 0 Å². The molecule has 0 fully saturated rings. The molecule has 0 aliphatic rings. The predicted octanol–water partition coefficient (Wildman–Crippen LogP) is 3.07. The zero-order valence-corrected chi connectivity index (χ0v) is 8.40. The first-order chi connectivity index (χ1) is 5.22. The molecule has 60 valence electrons. The second-order valence-electron chi connectivity index (χ2n) is 2.69. The molecule has 0 radical (unpaired) electrons. The Balaban J connectivity index is 2.89. The molecular formula is C9H12BrN. The molecule has 0 saturated heterocycles. The van der Waals surface area contributed by atoms with Crippen LogP contribution in [0.2, 0.25) is 0 Å². The van der Waals surface area contributed by atoms with Crippen LogP contribution in [0.1, 0.15) is 11.1 Å². The fourth-order valence-electron chi connectivity index (χ4n) is 1.15. The van der Waals surface area contributed by atoms with Crippen LogP contribution < -0.4 is 5.32 Å². The van der Waals surface area contributed by atoms with Crippen molar-refractivity contribution in [2.45, 2.75) is 13.8 Å². The highest BCUT2D eigenvalue weighted by molar-refractivity contribution is 9.09. The van der Waals surface area contributed by atoms with Crippen molar-refractivity contribution in [3.8, 4) is 0 Å². The van der Waals surface area contributed by atoms with Gasteiger partial charge in [0.2, 0.25) is 0 Å². The molecule has 1 rings (SSSR count). The van der Waals surface area contributed by atoms with Crippen LogP contribution in [0.15, 0.2) is 18.2 Å². The van der Waals surface area contributed by atoms with E-state index in [9.17, 15) is 0 Å². The van der Waals surface area contributed by atoms with Gasteiger partial charge in [-0.1, -0.05) is 22.0 Å². The number of hydrogen-bond donors (Lipinski definition) is 1. The number of hydrogen-bond acceptors (Lipinski definition) is 1. The van der Waals surface area contributed by atoms with E-state index in [0.29, 0.717) is 0 Å². The van der Waals surface area contributed by atoms with Gasteiger partial charge in [-0.05, 0) is 37.1 Å². The molecule has 0 atom stereocenters. The van der Waals surface area contributed by atoms with E-state index in [2.05, 4.69) is 53.3 Å². The van der Waals surface area contributed by atoms with E-state index in [1.165, 1.54) is 16.8 Å². The smallest absolute Gasteiger partial charge is 0.0707 e. The lowest BCUT2D eigenvalue weighted by Gasteiger charge is -2.04. The number of nitrogens with one attached hydrogen (secondary N) is 1. The molecule has 0 heterocycles. The number of rotatable bonds is 2. The van der Waals surface area contributed by atoms with Gasteiger partial charge in [-0.15, -0.1) is 0 Å². The van der Waals surface area contributed by atoms with Crippen molar-refractivity contribution in [2.75, 3.05) is 10.8 Å². The molecular weight excluding hydrogens is 202 g/mol. The molecule has 1 aromatic rings. The van der Waals surface area contributed by atoms with Crippen LogP contribution in [0.25, 0.3) is 0 Å². The molecule has 0 unspecified atom stereocenters. The van der Waals surface area contributed by atoms with E-state index in [-0.39, 0.29) is 0 Å². The maximum Gasteiger partial charge on any atom is 0.0707 e. The molecule has 11 heavy (non-hydrogen) atoms. The Labute approximate surface area is 75.9 Å². The van der Waals surface area contributed by atoms with Crippen LogP contribution in [-0.2, 0) is 0 Å². The maximum absolute atomic E-state index is 3.32. The average molecular weight is 214 g/mol. The summed E-state index contributed by atoms with van der Waals surface area (Å²) < 4.78 is 0. The summed E-state index contributed by atoms with van der Waals surface area (Å²) in [5.41, 5.74) is 4.58. The van der Waals surface area contributed by atoms with Gasteiger partial charge >= 0.3 is 0 Å². The molecule has 0 bridgehead atoms. The summed E-state index contributed by atoms with van der Waals surface area (Å²) in [6, 6.07) is 6.43.